The lowest BCUT2D eigenvalue weighted by Gasteiger charge is -2.15. The molecule has 1 unspecified atom stereocenters. The molecule has 0 aromatic carbocycles. The zero-order valence-electron chi connectivity index (χ0n) is 9.67. The Labute approximate surface area is 102 Å². The third-order valence-electron chi connectivity index (χ3n) is 2.98. The summed E-state index contributed by atoms with van der Waals surface area (Å²) in [5.41, 5.74) is 0. The van der Waals surface area contributed by atoms with E-state index in [0.717, 1.165) is 32.4 Å². The molecule has 0 spiro atoms. The number of rotatable bonds is 6. The Bertz CT molecular complexity index is 196. The number of hydrogen-bond donors (Lipinski definition) is 0. The van der Waals surface area contributed by atoms with Crippen molar-refractivity contribution in [1.29, 1.82) is 0 Å². The number of unbranched alkanes of at least 4 members (excludes halogenated alkanes) is 4. The van der Waals surface area contributed by atoms with E-state index >= 15 is 0 Å². The molecule has 0 aromatic rings. The lowest BCUT2D eigenvalue weighted by molar-refractivity contribution is -0.130. The van der Waals surface area contributed by atoms with Crippen LogP contribution >= 0.6 is 15.9 Å². The Morgan fingerprint density at radius 2 is 2.07 bits per heavy atom. The molecule has 1 saturated heterocycles. The van der Waals surface area contributed by atoms with E-state index in [1.807, 2.05) is 4.90 Å². The molecule has 15 heavy (non-hydrogen) atoms. The maximum absolute atomic E-state index is 11.7. The van der Waals surface area contributed by atoms with Gasteiger partial charge in [-0.15, -0.1) is 0 Å². The van der Waals surface area contributed by atoms with Crippen LogP contribution in [0.4, 0.5) is 0 Å². The maximum Gasteiger partial charge on any atom is 0.222 e. The van der Waals surface area contributed by atoms with Gasteiger partial charge in [-0.1, -0.05) is 48.5 Å². The van der Waals surface area contributed by atoms with E-state index in [1.54, 1.807) is 0 Å². The summed E-state index contributed by atoms with van der Waals surface area (Å²) in [6.07, 6.45) is 8.01. The molecule has 0 bridgehead atoms. The van der Waals surface area contributed by atoms with Gasteiger partial charge in [0.25, 0.3) is 0 Å². The second kappa shape index (κ2) is 7.26. The number of carbonyl (C=O) groups is 1. The average molecular weight is 276 g/mol. The molecular weight excluding hydrogens is 254 g/mol. The largest absolute Gasteiger partial charge is 0.342 e. The Hall–Kier alpha value is -0.0500. The quantitative estimate of drug-likeness (QED) is 0.538. The highest BCUT2D eigenvalue weighted by Gasteiger charge is 2.23. The number of hydrogen-bond acceptors (Lipinski definition) is 1. The minimum atomic E-state index is 0.355. The first-order valence-electron chi connectivity index (χ1n) is 6.16. The van der Waals surface area contributed by atoms with Crippen LogP contribution in [0.15, 0.2) is 0 Å². The van der Waals surface area contributed by atoms with Crippen molar-refractivity contribution in [3.05, 3.63) is 0 Å². The van der Waals surface area contributed by atoms with Crippen molar-refractivity contribution >= 4 is 21.8 Å². The van der Waals surface area contributed by atoms with Crippen LogP contribution in [0.2, 0.25) is 0 Å². The first-order valence-corrected chi connectivity index (χ1v) is 7.07. The van der Waals surface area contributed by atoms with Gasteiger partial charge in [0.05, 0.1) is 0 Å². The zero-order chi connectivity index (χ0) is 11.1. The van der Waals surface area contributed by atoms with Gasteiger partial charge in [-0.05, 0) is 12.8 Å². The Kier molecular flexibility index (Phi) is 6.30. The molecule has 0 aromatic heterocycles. The first kappa shape index (κ1) is 13.0. The van der Waals surface area contributed by atoms with E-state index in [1.165, 1.54) is 25.7 Å². The summed E-state index contributed by atoms with van der Waals surface area (Å²) in [5.74, 6) is 0.355. The van der Waals surface area contributed by atoms with Gasteiger partial charge in [0.15, 0.2) is 0 Å². The highest BCUT2D eigenvalue weighted by molar-refractivity contribution is 9.09. The molecule has 0 N–H and O–H groups in total. The average Bonchev–Trinajstić information content (AvgIpc) is 2.64. The number of amides is 1. The van der Waals surface area contributed by atoms with E-state index in [-0.39, 0.29) is 0 Å². The molecule has 0 saturated carbocycles. The predicted octanol–water partition coefficient (Wildman–Crippen LogP) is 3.34. The standard InChI is InChI=1S/C12H22BrNO/c1-2-3-4-5-6-7-12(15)14-9-8-11(13)10-14/h11H,2-10H2,1H3. The second-order valence-electron chi connectivity index (χ2n) is 4.39. The van der Waals surface area contributed by atoms with Crippen LogP contribution in [0.5, 0.6) is 0 Å². The van der Waals surface area contributed by atoms with E-state index in [2.05, 4.69) is 22.9 Å². The summed E-state index contributed by atoms with van der Waals surface area (Å²) in [5, 5.41) is 0. The summed E-state index contributed by atoms with van der Waals surface area (Å²) in [7, 11) is 0. The maximum atomic E-state index is 11.7. The van der Waals surface area contributed by atoms with Crippen molar-refractivity contribution in [3.8, 4) is 0 Å². The van der Waals surface area contributed by atoms with Crippen LogP contribution in [0.3, 0.4) is 0 Å². The molecular formula is C12H22BrNO. The van der Waals surface area contributed by atoms with Crippen molar-refractivity contribution in [2.75, 3.05) is 13.1 Å². The number of alkyl halides is 1. The molecule has 0 radical (unpaired) electrons. The highest BCUT2D eigenvalue weighted by atomic mass is 79.9. The third kappa shape index (κ3) is 5.01. The summed E-state index contributed by atoms with van der Waals surface area (Å²) in [6.45, 7) is 4.07. The summed E-state index contributed by atoms with van der Waals surface area (Å²) >= 11 is 3.56. The van der Waals surface area contributed by atoms with Gasteiger partial charge in [-0.25, -0.2) is 0 Å². The SMILES string of the molecule is CCCCCCCC(=O)N1CCC(Br)C1. The molecule has 1 rings (SSSR count). The molecule has 3 heteroatoms. The monoisotopic (exact) mass is 275 g/mol. The molecule has 2 nitrogen and oxygen atoms in total. The summed E-state index contributed by atoms with van der Waals surface area (Å²) in [6, 6.07) is 0. The summed E-state index contributed by atoms with van der Waals surface area (Å²) < 4.78 is 0. The van der Waals surface area contributed by atoms with Crippen molar-refractivity contribution in [2.45, 2.75) is 56.7 Å². The van der Waals surface area contributed by atoms with E-state index in [0.29, 0.717) is 10.7 Å². The van der Waals surface area contributed by atoms with Gasteiger partial charge in [0.2, 0.25) is 5.91 Å². The Morgan fingerprint density at radius 1 is 1.33 bits per heavy atom. The molecule has 1 aliphatic heterocycles. The van der Waals surface area contributed by atoms with Crippen LogP contribution in [-0.4, -0.2) is 28.7 Å². The Morgan fingerprint density at radius 3 is 2.67 bits per heavy atom. The minimum absolute atomic E-state index is 0.355. The van der Waals surface area contributed by atoms with Crippen molar-refractivity contribution in [1.82, 2.24) is 4.90 Å². The summed E-state index contributed by atoms with van der Waals surface area (Å²) in [4.78, 5) is 14.3. The van der Waals surface area contributed by atoms with Gasteiger partial charge in [0, 0.05) is 24.3 Å². The number of nitrogens with zero attached hydrogens (tertiary/aromatic N) is 1. The zero-order valence-corrected chi connectivity index (χ0v) is 11.3. The number of likely N-dealkylation sites (tertiary alicyclic amines) is 1. The molecule has 1 atom stereocenters. The fourth-order valence-corrected chi connectivity index (χ4v) is 2.54. The lowest BCUT2D eigenvalue weighted by Crippen LogP contribution is -2.28. The van der Waals surface area contributed by atoms with Gasteiger partial charge in [-0.3, -0.25) is 4.79 Å². The lowest BCUT2D eigenvalue weighted by atomic mass is 10.1. The normalized spacial score (nSPS) is 20.9. The van der Waals surface area contributed by atoms with Crippen molar-refractivity contribution < 1.29 is 4.79 Å². The predicted molar refractivity (Wildman–Crippen MR) is 67.3 cm³/mol. The topological polar surface area (TPSA) is 20.3 Å². The molecule has 1 fully saturated rings. The van der Waals surface area contributed by atoms with Crippen LogP contribution in [-0.2, 0) is 4.79 Å². The van der Waals surface area contributed by atoms with Crippen LogP contribution < -0.4 is 0 Å². The van der Waals surface area contributed by atoms with E-state index < -0.39 is 0 Å². The van der Waals surface area contributed by atoms with Gasteiger partial charge >= 0.3 is 0 Å². The van der Waals surface area contributed by atoms with Gasteiger partial charge in [-0.2, -0.15) is 0 Å². The number of halogens is 1. The number of carbonyl (C=O) groups excluding carboxylic acids is 1. The van der Waals surface area contributed by atoms with Crippen molar-refractivity contribution in [3.63, 3.8) is 0 Å². The smallest absolute Gasteiger partial charge is 0.222 e. The fourth-order valence-electron chi connectivity index (χ4n) is 1.98. The van der Waals surface area contributed by atoms with Crippen LogP contribution in [0.25, 0.3) is 0 Å². The van der Waals surface area contributed by atoms with Crippen molar-refractivity contribution in [2.24, 2.45) is 0 Å². The fraction of sp³-hybridized carbons (Fsp3) is 0.917. The third-order valence-corrected chi connectivity index (χ3v) is 3.73. The molecule has 88 valence electrons. The molecule has 1 amide bonds. The Balaban J connectivity index is 2.03. The second-order valence-corrected chi connectivity index (χ2v) is 5.68. The van der Waals surface area contributed by atoms with Crippen LogP contribution in [0, 0.1) is 0 Å². The molecule has 1 heterocycles. The molecule has 1 aliphatic rings. The first-order chi connectivity index (χ1) is 7.24. The van der Waals surface area contributed by atoms with Gasteiger partial charge in [0.1, 0.15) is 0 Å². The molecule has 0 aliphatic carbocycles. The van der Waals surface area contributed by atoms with Gasteiger partial charge < -0.3 is 4.90 Å². The highest BCUT2D eigenvalue weighted by Crippen LogP contribution is 2.18. The minimum Gasteiger partial charge on any atom is -0.342 e. The van der Waals surface area contributed by atoms with E-state index in [9.17, 15) is 4.79 Å². The van der Waals surface area contributed by atoms with E-state index in [4.69, 9.17) is 0 Å². The van der Waals surface area contributed by atoms with Crippen LogP contribution in [0.1, 0.15) is 51.9 Å².